The molecule has 0 bridgehead atoms. The lowest BCUT2D eigenvalue weighted by atomic mass is 10.2. The van der Waals surface area contributed by atoms with E-state index >= 15 is 0 Å². The molecule has 1 N–H and O–H groups in total. The average molecular weight is 300 g/mol. The maximum atomic E-state index is 12.1. The highest BCUT2D eigenvalue weighted by Crippen LogP contribution is 2.26. The molecule has 0 fully saturated rings. The maximum absolute atomic E-state index is 12.1. The Balaban J connectivity index is 2.78. The SMILES string of the molecule is CCN(CC(=O)O)C(=O)C(C)Oc1cc(C)ccc1Cl. The molecule has 0 heterocycles. The van der Waals surface area contributed by atoms with Crippen LogP contribution in [-0.2, 0) is 9.59 Å². The van der Waals surface area contributed by atoms with E-state index in [1.165, 1.54) is 4.90 Å². The van der Waals surface area contributed by atoms with Crippen molar-refractivity contribution >= 4 is 23.5 Å². The van der Waals surface area contributed by atoms with Crippen LogP contribution in [0.1, 0.15) is 19.4 Å². The lowest BCUT2D eigenvalue weighted by Gasteiger charge is -2.23. The summed E-state index contributed by atoms with van der Waals surface area (Å²) in [5, 5.41) is 9.17. The van der Waals surface area contributed by atoms with Crippen LogP contribution in [0.15, 0.2) is 18.2 Å². The molecule has 0 spiro atoms. The van der Waals surface area contributed by atoms with Crippen LogP contribution < -0.4 is 4.74 Å². The van der Waals surface area contributed by atoms with Crippen molar-refractivity contribution in [1.29, 1.82) is 0 Å². The number of hydrogen-bond donors (Lipinski definition) is 1. The minimum Gasteiger partial charge on any atom is -0.480 e. The number of carboxylic acid groups (broad SMARTS) is 1. The molecular weight excluding hydrogens is 282 g/mol. The summed E-state index contributed by atoms with van der Waals surface area (Å²) in [5.74, 6) is -1.02. The van der Waals surface area contributed by atoms with E-state index in [9.17, 15) is 9.59 Å². The summed E-state index contributed by atoms with van der Waals surface area (Å²) in [6.07, 6.45) is -0.798. The molecule has 1 aromatic carbocycles. The van der Waals surface area contributed by atoms with Gasteiger partial charge in [-0.05, 0) is 38.5 Å². The standard InChI is InChI=1S/C14H18ClNO4/c1-4-16(8-13(17)18)14(19)10(3)20-12-7-9(2)5-6-11(12)15/h5-7,10H,4,8H2,1-3H3,(H,17,18). The van der Waals surface area contributed by atoms with Crippen molar-refractivity contribution in [2.75, 3.05) is 13.1 Å². The van der Waals surface area contributed by atoms with Gasteiger partial charge < -0.3 is 14.7 Å². The van der Waals surface area contributed by atoms with Gasteiger partial charge in [0.15, 0.2) is 6.10 Å². The first-order valence-electron chi connectivity index (χ1n) is 6.28. The second kappa shape index (κ2) is 7.14. The van der Waals surface area contributed by atoms with E-state index in [4.69, 9.17) is 21.4 Å². The smallest absolute Gasteiger partial charge is 0.323 e. The summed E-state index contributed by atoms with van der Waals surface area (Å²) in [6, 6.07) is 5.27. The van der Waals surface area contributed by atoms with Crippen LogP contribution >= 0.6 is 11.6 Å². The Morgan fingerprint density at radius 3 is 2.65 bits per heavy atom. The van der Waals surface area contributed by atoms with Gasteiger partial charge in [-0.3, -0.25) is 9.59 Å². The number of amides is 1. The molecule has 1 unspecified atom stereocenters. The number of benzene rings is 1. The molecule has 0 aliphatic rings. The van der Waals surface area contributed by atoms with Crippen LogP contribution in [0, 0.1) is 6.92 Å². The highest BCUT2D eigenvalue weighted by Gasteiger charge is 2.23. The van der Waals surface area contributed by atoms with Crippen molar-refractivity contribution < 1.29 is 19.4 Å². The first-order chi connectivity index (χ1) is 9.35. The number of carbonyl (C=O) groups is 2. The zero-order valence-corrected chi connectivity index (χ0v) is 12.5. The number of carboxylic acids is 1. The van der Waals surface area contributed by atoms with E-state index in [1.807, 2.05) is 13.0 Å². The highest BCUT2D eigenvalue weighted by atomic mass is 35.5. The Labute approximate surface area is 123 Å². The Hall–Kier alpha value is -1.75. The van der Waals surface area contributed by atoms with Crippen molar-refractivity contribution in [3.05, 3.63) is 28.8 Å². The molecule has 5 nitrogen and oxygen atoms in total. The summed E-state index contributed by atoms with van der Waals surface area (Å²) in [7, 11) is 0. The molecule has 0 aliphatic heterocycles. The summed E-state index contributed by atoms with van der Waals surface area (Å²) < 4.78 is 5.54. The van der Waals surface area contributed by atoms with Gasteiger partial charge in [0.1, 0.15) is 12.3 Å². The van der Waals surface area contributed by atoms with Gasteiger partial charge in [0.2, 0.25) is 0 Å². The second-order valence-corrected chi connectivity index (χ2v) is 4.85. The fourth-order valence-electron chi connectivity index (χ4n) is 1.71. The number of aryl methyl sites for hydroxylation is 1. The normalized spacial score (nSPS) is 11.8. The Bertz CT molecular complexity index is 504. The van der Waals surface area contributed by atoms with Crippen molar-refractivity contribution in [3.63, 3.8) is 0 Å². The molecule has 1 amide bonds. The molecule has 20 heavy (non-hydrogen) atoms. The number of ether oxygens (including phenoxy) is 1. The lowest BCUT2D eigenvalue weighted by Crippen LogP contribution is -2.43. The van der Waals surface area contributed by atoms with E-state index in [-0.39, 0.29) is 12.5 Å². The van der Waals surface area contributed by atoms with Gasteiger partial charge in [-0.1, -0.05) is 17.7 Å². The first kappa shape index (κ1) is 16.3. The number of hydrogen-bond acceptors (Lipinski definition) is 3. The fourth-order valence-corrected chi connectivity index (χ4v) is 1.87. The monoisotopic (exact) mass is 299 g/mol. The zero-order chi connectivity index (χ0) is 15.3. The summed E-state index contributed by atoms with van der Waals surface area (Å²) in [5.41, 5.74) is 0.960. The average Bonchev–Trinajstić information content (AvgIpc) is 2.39. The predicted molar refractivity (Wildman–Crippen MR) is 76.2 cm³/mol. The third kappa shape index (κ3) is 4.42. The van der Waals surface area contributed by atoms with Gasteiger partial charge in [-0.2, -0.15) is 0 Å². The number of aliphatic carboxylic acids is 1. The van der Waals surface area contributed by atoms with E-state index in [0.29, 0.717) is 17.3 Å². The van der Waals surface area contributed by atoms with Gasteiger partial charge in [-0.25, -0.2) is 0 Å². The van der Waals surface area contributed by atoms with Crippen LogP contribution in [0.3, 0.4) is 0 Å². The molecule has 0 aromatic heterocycles. The largest absolute Gasteiger partial charge is 0.480 e. The van der Waals surface area contributed by atoms with Gasteiger partial charge in [0.25, 0.3) is 5.91 Å². The van der Waals surface area contributed by atoms with E-state index in [1.54, 1.807) is 26.0 Å². The molecule has 0 saturated heterocycles. The van der Waals surface area contributed by atoms with Gasteiger partial charge >= 0.3 is 5.97 Å². The highest BCUT2D eigenvalue weighted by molar-refractivity contribution is 6.32. The molecule has 1 atom stereocenters. The minimum absolute atomic E-state index is 0.306. The van der Waals surface area contributed by atoms with Crippen LogP contribution in [0.2, 0.25) is 5.02 Å². The predicted octanol–water partition coefficient (Wildman–Crippen LogP) is 2.35. The Kier molecular flexibility index (Phi) is 5.82. The Morgan fingerprint density at radius 1 is 1.45 bits per heavy atom. The minimum atomic E-state index is -1.05. The lowest BCUT2D eigenvalue weighted by molar-refractivity contribution is -0.147. The summed E-state index contributed by atoms with van der Waals surface area (Å²) >= 11 is 6.00. The van der Waals surface area contributed by atoms with Crippen molar-refractivity contribution in [3.8, 4) is 5.75 Å². The quantitative estimate of drug-likeness (QED) is 0.875. The summed E-state index contributed by atoms with van der Waals surface area (Å²) in [4.78, 5) is 24.0. The topological polar surface area (TPSA) is 66.8 Å². The van der Waals surface area contributed by atoms with Gasteiger partial charge in [0, 0.05) is 6.54 Å². The molecule has 0 aliphatic carbocycles. The van der Waals surface area contributed by atoms with Crippen LogP contribution in [0.25, 0.3) is 0 Å². The number of carbonyl (C=O) groups excluding carboxylic acids is 1. The third-order valence-electron chi connectivity index (χ3n) is 2.76. The third-order valence-corrected chi connectivity index (χ3v) is 3.07. The van der Waals surface area contributed by atoms with Gasteiger partial charge in [0.05, 0.1) is 5.02 Å². The number of nitrogens with zero attached hydrogens (tertiary/aromatic N) is 1. The van der Waals surface area contributed by atoms with Crippen LogP contribution in [0.5, 0.6) is 5.75 Å². The van der Waals surface area contributed by atoms with Crippen molar-refractivity contribution in [1.82, 2.24) is 4.90 Å². The molecule has 1 aromatic rings. The fraction of sp³-hybridized carbons (Fsp3) is 0.429. The molecule has 110 valence electrons. The maximum Gasteiger partial charge on any atom is 0.323 e. The van der Waals surface area contributed by atoms with Crippen molar-refractivity contribution in [2.45, 2.75) is 26.9 Å². The van der Waals surface area contributed by atoms with Gasteiger partial charge in [-0.15, -0.1) is 0 Å². The van der Waals surface area contributed by atoms with E-state index in [2.05, 4.69) is 0 Å². The molecule has 0 saturated carbocycles. The van der Waals surface area contributed by atoms with Crippen molar-refractivity contribution in [2.24, 2.45) is 0 Å². The molecule has 0 radical (unpaired) electrons. The number of rotatable bonds is 6. The number of likely N-dealkylation sites (N-methyl/N-ethyl adjacent to an activating group) is 1. The molecular formula is C14H18ClNO4. The van der Waals surface area contributed by atoms with Crippen LogP contribution in [-0.4, -0.2) is 41.1 Å². The first-order valence-corrected chi connectivity index (χ1v) is 6.66. The molecule has 6 heteroatoms. The van der Waals surface area contributed by atoms with E-state index in [0.717, 1.165) is 5.56 Å². The number of halogens is 1. The second-order valence-electron chi connectivity index (χ2n) is 4.44. The Morgan fingerprint density at radius 2 is 2.10 bits per heavy atom. The zero-order valence-electron chi connectivity index (χ0n) is 11.7. The summed E-state index contributed by atoms with van der Waals surface area (Å²) in [6.45, 7) is 5.14. The van der Waals surface area contributed by atoms with Crippen LogP contribution in [0.4, 0.5) is 0 Å². The van der Waals surface area contributed by atoms with E-state index < -0.39 is 12.1 Å². The molecule has 1 rings (SSSR count).